The lowest BCUT2D eigenvalue weighted by Crippen LogP contribution is -2.47. The molecule has 37 heavy (non-hydrogen) atoms. The number of allylic oxidation sites excluding steroid dienone is 3. The van der Waals surface area contributed by atoms with Gasteiger partial charge < -0.3 is 10.0 Å². The summed E-state index contributed by atoms with van der Waals surface area (Å²) in [6.07, 6.45) is 11.5. The number of hydrogen-bond donors (Lipinski definition) is 3. The van der Waals surface area contributed by atoms with Gasteiger partial charge in [0.1, 0.15) is 6.04 Å². The molecular formula is C31H47N3O3. The van der Waals surface area contributed by atoms with Crippen molar-refractivity contribution in [3.05, 3.63) is 65.8 Å². The first kappa shape index (κ1) is 30.5. The maximum atomic E-state index is 13.0. The molecule has 1 amide bonds. The normalized spacial score (nSPS) is 20.2. The predicted molar refractivity (Wildman–Crippen MR) is 153 cm³/mol. The maximum Gasteiger partial charge on any atom is 0.326 e. The van der Waals surface area contributed by atoms with E-state index in [0.717, 1.165) is 48.9 Å². The summed E-state index contributed by atoms with van der Waals surface area (Å²) in [6.45, 7) is 15.2. The fourth-order valence-corrected chi connectivity index (χ4v) is 5.03. The molecule has 1 saturated heterocycles. The maximum absolute atomic E-state index is 13.0. The van der Waals surface area contributed by atoms with Crippen molar-refractivity contribution in [2.45, 2.75) is 91.8 Å². The molecule has 0 saturated carbocycles. The van der Waals surface area contributed by atoms with Crippen molar-refractivity contribution in [3.63, 3.8) is 0 Å². The average molecular weight is 510 g/mol. The van der Waals surface area contributed by atoms with Gasteiger partial charge in [-0.25, -0.2) is 4.79 Å². The molecule has 1 heterocycles. The topological polar surface area (TPSA) is 81.7 Å². The zero-order valence-corrected chi connectivity index (χ0v) is 23.4. The average Bonchev–Trinajstić information content (AvgIpc) is 2.84. The third-order valence-corrected chi connectivity index (χ3v) is 7.09. The van der Waals surface area contributed by atoms with Crippen LogP contribution in [0, 0.1) is 11.8 Å². The van der Waals surface area contributed by atoms with Crippen molar-refractivity contribution in [2.75, 3.05) is 6.54 Å². The number of nitrogens with one attached hydrogen (secondary N) is 2. The highest BCUT2D eigenvalue weighted by atomic mass is 16.4. The summed E-state index contributed by atoms with van der Waals surface area (Å²) in [5, 5.41) is 9.88. The van der Waals surface area contributed by atoms with Gasteiger partial charge in [-0.2, -0.15) is 0 Å². The molecule has 0 aromatic heterocycles. The molecule has 3 N–H and O–H groups in total. The van der Waals surface area contributed by atoms with Crippen LogP contribution in [0.5, 0.6) is 0 Å². The second-order valence-corrected chi connectivity index (χ2v) is 10.5. The molecule has 0 spiro atoms. The number of hydrazine groups is 1. The molecule has 1 aromatic rings. The highest BCUT2D eigenvalue weighted by Gasteiger charge is 2.32. The number of carboxylic acid groups (broad SMARTS) is 1. The van der Waals surface area contributed by atoms with Crippen molar-refractivity contribution >= 4 is 17.4 Å². The van der Waals surface area contributed by atoms with Gasteiger partial charge in [-0.3, -0.25) is 15.6 Å². The van der Waals surface area contributed by atoms with Gasteiger partial charge in [0.05, 0.1) is 0 Å². The van der Waals surface area contributed by atoms with E-state index < -0.39 is 12.0 Å². The summed E-state index contributed by atoms with van der Waals surface area (Å²) in [4.78, 5) is 26.6. The number of carbonyl (C=O) groups excluding carboxylic acids is 1. The van der Waals surface area contributed by atoms with Gasteiger partial charge in [-0.1, -0.05) is 89.6 Å². The van der Waals surface area contributed by atoms with E-state index in [4.69, 9.17) is 0 Å². The minimum Gasteiger partial charge on any atom is -0.480 e. The lowest BCUT2D eigenvalue weighted by Gasteiger charge is -2.32. The van der Waals surface area contributed by atoms with Crippen LogP contribution < -0.4 is 10.9 Å². The van der Waals surface area contributed by atoms with Gasteiger partial charge in [-0.15, -0.1) is 0 Å². The summed E-state index contributed by atoms with van der Waals surface area (Å²) in [6, 6.07) is 7.48. The molecule has 1 aliphatic rings. The Bertz CT molecular complexity index is 939. The number of amides is 1. The quantitative estimate of drug-likeness (QED) is 0.296. The number of carboxylic acids is 1. The van der Waals surface area contributed by atoms with Crippen molar-refractivity contribution in [3.8, 4) is 0 Å². The van der Waals surface area contributed by atoms with Crippen LogP contribution in [0.3, 0.4) is 0 Å². The molecule has 0 radical (unpaired) electrons. The molecule has 1 fully saturated rings. The second-order valence-electron chi connectivity index (χ2n) is 10.5. The van der Waals surface area contributed by atoms with E-state index in [2.05, 4.69) is 48.6 Å². The van der Waals surface area contributed by atoms with E-state index in [-0.39, 0.29) is 24.4 Å². The zero-order chi connectivity index (χ0) is 27.4. The van der Waals surface area contributed by atoms with Crippen molar-refractivity contribution in [2.24, 2.45) is 11.8 Å². The van der Waals surface area contributed by atoms with Crippen LogP contribution in [-0.4, -0.2) is 40.5 Å². The molecule has 1 aliphatic heterocycles. The summed E-state index contributed by atoms with van der Waals surface area (Å²) >= 11 is 0. The molecule has 2 rings (SSSR count). The van der Waals surface area contributed by atoms with E-state index in [0.29, 0.717) is 12.3 Å². The molecule has 204 valence electrons. The largest absolute Gasteiger partial charge is 0.480 e. The monoisotopic (exact) mass is 509 g/mol. The molecule has 3 unspecified atom stereocenters. The molecule has 0 bridgehead atoms. The number of unbranched alkanes of at least 4 members (excludes halogenated alkanes) is 1. The Kier molecular flexibility index (Phi) is 12.8. The number of benzene rings is 1. The van der Waals surface area contributed by atoms with E-state index in [9.17, 15) is 14.7 Å². The fraction of sp³-hybridized carbons (Fsp3) is 0.548. The van der Waals surface area contributed by atoms with Crippen molar-refractivity contribution < 1.29 is 14.7 Å². The minimum absolute atomic E-state index is 0.102. The fourth-order valence-electron chi connectivity index (χ4n) is 5.03. The molecule has 1 aromatic carbocycles. The van der Waals surface area contributed by atoms with Crippen LogP contribution >= 0.6 is 0 Å². The SMILES string of the molecule is C=C/C=C(\C(=C/C)c1ccc(CN(C(=O)CCCC)C(C(=O)O)C(C)C)cc1)C1CCCC(C)CNN1. The predicted octanol–water partition coefficient (Wildman–Crippen LogP) is 6.11. The van der Waals surface area contributed by atoms with E-state index >= 15 is 0 Å². The van der Waals surface area contributed by atoms with Crippen LogP contribution in [0.15, 0.2) is 54.6 Å². The lowest BCUT2D eigenvalue weighted by atomic mass is 9.88. The number of hydrogen-bond acceptors (Lipinski definition) is 4. The smallest absolute Gasteiger partial charge is 0.326 e. The van der Waals surface area contributed by atoms with Crippen LogP contribution in [0.25, 0.3) is 5.57 Å². The van der Waals surface area contributed by atoms with Gasteiger partial charge in [0, 0.05) is 25.6 Å². The number of aliphatic carboxylic acids is 1. The van der Waals surface area contributed by atoms with Gasteiger partial charge >= 0.3 is 5.97 Å². The van der Waals surface area contributed by atoms with Gasteiger partial charge in [0.25, 0.3) is 0 Å². The Morgan fingerprint density at radius 2 is 1.92 bits per heavy atom. The first-order chi connectivity index (χ1) is 17.7. The Labute approximate surface area is 223 Å². The van der Waals surface area contributed by atoms with Crippen LogP contribution in [0.1, 0.15) is 84.3 Å². The number of nitrogens with zero attached hydrogens (tertiary/aromatic N) is 1. The van der Waals surface area contributed by atoms with Gasteiger partial charge in [0.15, 0.2) is 0 Å². The first-order valence-corrected chi connectivity index (χ1v) is 13.8. The van der Waals surface area contributed by atoms with Crippen LogP contribution in [-0.2, 0) is 16.1 Å². The van der Waals surface area contributed by atoms with E-state index in [1.807, 2.05) is 45.9 Å². The third kappa shape index (κ3) is 8.97. The van der Waals surface area contributed by atoms with E-state index in [1.165, 1.54) is 12.0 Å². The molecular weight excluding hydrogens is 462 g/mol. The number of carbonyl (C=O) groups is 2. The Morgan fingerprint density at radius 1 is 1.22 bits per heavy atom. The Balaban J connectivity index is 2.29. The second kappa shape index (κ2) is 15.5. The highest BCUT2D eigenvalue weighted by molar-refractivity contribution is 5.84. The standard InChI is InChI=1S/C31H47N3O3/c1-7-10-15-29(35)34(30(22(4)5)31(36)37)21-24-16-18-25(19-17-24)26(9-3)27(12-8-2)28-14-11-13-23(6)20-32-33-28/h8-9,12,16-19,22-23,28,30,32-33H,2,7,10-11,13-15,20-21H2,1,3-6H3,(H,36,37)/b26-9-,27-12+. The van der Waals surface area contributed by atoms with E-state index in [1.54, 1.807) is 4.90 Å². The molecule has 0 aliphatic carbocycles. The van der Waals surface area contributed by atoms with Gasteiger partial charge in [0.2, 0.25) is 5.91 Å². The Morgan fingerprint density at radius 3 is 2.49 bits per heavy atom. The molecule has 3 atom stereocenters. The van der Waals surface area contributed by atoms with Gasteiger partial charge in [-0.05, 0) is 60.3 Å². The van der Waals surface area contributed by atoms with Crippen molar-refractivity contribution in [1.29, 1.82) is 0 Å². The lowest BCUT2D eigenvalue weighted by molar-refractivity contribution is -0.153. The third-order valence-electron chi connectivity index (χ3n) is 7.09. The van der Waals surface area contributed by atoms with Crippen molar-refractivity contribution in [1.82, 2.24) is 15.8 Å². The molecule has 6 heteroatoms. The minimum atomic E-state index is -0.957. The zero-order valence-electron chi connectivity index (χ0n) is 23.4. The van der Waals surface area contributed by atoms with Crippen LogP contribution in [0.4, 0.5) is 0 Å². The summed E-state index contributed by atoms with van der Waals surface area (Å²) in [5.41, 5.74) is 11.3. The summed E-state index contributed by atoms with van der Waals surface area (Å²) < 4.78 is 0. The first-order valence-electron chi connectivity index (χ1n) is 13.8. The number of rotatable bonds is 12. The molecule has 6 nitrogen and oxygen atoms in total. The van der Waals surface area contributed by atoms with Crippen LogP contribution in [0.2, 0.25) is 0 Å². The Hall–Kier alpha value is -2.70. The summed E-state index contributed by atoms with van der Waals surface area (Å²) in [7, 11) is 0. The summed E-state index contributed by atoms with van der Waals surface area (Å²) in [5.74, 6) is -0.591. The highest BCUT2D eigenvalue weighted by Crippen LogP contribution is 2.29.